The Kier molecular flexibility index (Phi) is 4.23. The fraction of sp³-hybridized carbons (Fsp3) is 0.133. The van der Waals surface area contributed by atoms with E-state index in [-0.39, 0.29) is 5.02 Å². The van der Waals surface area contributed by atoms with Crippen LogP contribution < -0.4 is 0 Å². The summed E-state index contributed by atoms with van der Waals surface area (Å²) in [5.41, 5.74) is 0.345. The van der Waals surface area contributed by atoms with Crippen LogP contribution >= 0.6 is 11.6 Å². The molecule has 2 nitrogen and oxygen atoms in total. The zero-order chi connectivity index (χ0) is 15.6. The van der Waals surface area contributed by atoms with Gasteiger partial charge in [-0.2, -0.15) is 13.2 Å². The third kappa shape index (κ3) is 3.36. The number of hydrogen-bond acceptors (Lipinski definition) is 2. The Labute approximate surface area is 124 Å². The van der Waals surface area contributed by atoms with Gasteiger partial charge in [-0.05, 0) is 35.4 Å². The van der Waals surface area contributed by atoms with Crippen LogP contribution in [0.5, 0.6) is 0 Å². The van der Waals surface area contributed by atoms with Crippen molar-refractivity contribution in [3.8, 4) is 11.1 Å². The highest BCUT2D eigenvalue weighted by Crippen LogP contribution is 2.37. The van der Waals surface area contributed by atoms with Crippen molar-refractivity contribution in [3.63, 3.8) is 0 Å². The molecule has 2 aromatic carbocycles. The Morgan fingerprint density at radius 3 is 2.14 bits per heavy atom. The molecule has 0 aliphatic rings. The maximum absolute atomic E-state index is 12.8. The monoisotopic (exact) mass is 314 g/mol. The summed E-state index contributed by atoms with van der Waals surface area (Å²) in [7, 11) is 1.26. The van der Waals surface area contributed by atoms with Crippen molar-refractivity contribution < 1.29 is 22.7 Å². The lowest BCUT2D eigenvalue weighted by Crippen LogP contribution is -2.06. The molecule has 0 unspecified atom stereocenters. The molecule has 21 heavy (non-hydrogen) atoms. The van der Waals surface area contributed by atoms with Gasteiger partial charge >= 0.3 is 12.1 Å². The third-order valence-electron chi connectivity index (χ3n) is 2.91. The van der Waals surface area contributed by atoms with Crippen LogP contribution in [0, 0.1) is 0 Å². The van der Waals surface area contributed by atoms with Crippen LogP contribution in [0.4, 0.5) is 13.2 Å². The Bertz CT molecular complexity index is 664. The summed E-state index contributed by atoms with van der Waals surface area (Å²) in [5, 5.41) is -0.350. The minimum absolute atomic E-state index is 0.325. The first-order valence-electron chi connectivity index (χ1n) is 5.88. The number of carbonyl (C=O) groups excluding carboxylic acids is 1. The SMILES string of the molecule is COC(=O)c1ccc(-c2ccc(Cl)c(C(F)(F)F)c2)cc1. The lowest BCUT2D eigenvalue weighted by atomic mass is 10.0. The number of ether oxygens (including phenoxy) is 1. The maximum Gasteiger partial charge on any atom is 0.417 e. The fourth-order valence-corrected chi connectivity index (χ4v) is 2.06. The molecule has 2 rings (SSSR count). The molecular weight excluding hydrogens is 305 g/mol. The average molecular weight is 315 g/mol. The molecule has 110 valence electrons. The maximum atomic E-state index is 12.8. The van der Waals surface area contributed by atoms with E-state index < -0.39 is 17.7 Å². The highest BCUT2D eigenvalue weighted by Gasteiger charge is 2.33. The molecule has 0 spiro atoms. The van der Waals surface area contributed by atoms with Gasteiger partial charge in [0.05, 0.1) is 23.3 Å². The van der Waals surface area contributed by atoms with Gasteiger partial charge in [-0.25, -0.2) is 4.79 Å². The van der Waals surface area contributed by atoms with Crippen molar-refractivity contribution in [2.45, 2.75) is 6.18 Å². The van der Waals surface area contributed by atoms with E-state index in [1.807, 2.05) is 0 Å². The van der Waals surface area contributed by atoms with Crippen molar-refractivity contribution >= 4 is 17.6 Å². The van der Waals surface area contributed by atoms with E-state index in [9.17, 15) is 18.0 Å². The van der Waals surface area contributed by atoms with Gasteiger partial charge in [0, 0.05) is 0 Å². The number of carbonyl (C=O) groups is 1. The standard InChI is InChI=1S/C15H10ClF3O2/c1-21-14(20)10-4-2-9(3-5-10)11-6-7-13(16)12(8-11)15(17,18)19/h2-8H,1H3. The molecule has 0 saturated heterocycles. The van der Waals surface area contributed by atoms with Gasteiger partial charge in [-0.15, -0.1) is 0 Å². The number of benzene rings is 2. The van der Waals surface area contributed by atoms with E-state index in [1.54, 1.807) is 12.1 Å². The van der Waals surface area contributed by atoms with Crippen molar-refractivity contribution in [2.24, 2.45) is 0 Å². The Hall–Kier alpha value is -2.01. The molecule has 0 N–H and O–H groups in total. The molecule has 0 aliphatic carbocycles. The topological polar surface area (TPSA) is 26.3 Å². The summed E-state index contributed by atoms with van der Waals surface area (Å²) < 4.78 is 43.0. The van der Waals surface area contributed by atoms with Gasteiger partial charge < -0.3 is 4.74 Å². The van der Waals surface area contributed by atoms with Gasteiger partial charge in [0.1, 0.15) is 0 Å². The molecule has 6 heteroatoms. The Morgan fingerprint density at radius 2 is 1.62 bits per heavy atom. The molecule has 0 bridgehead atoms. The van der Waals surface area contributed by atoms with E-state index in [4.69, 9.17) is 11.6 Å². The summed E-state index contributed by atoms with van der Waals surface area (Å²) in [6, 6.07) is 9.76. The van der Waals surface area contributed by atoms with E-state index in [0.29, 0.717) is 16.7 Å². The van der Waals surface area contributed by atoms with Crippen LogP contribution in [-0.2, 0) is 10.9 Å². The normalized spacial score (nSPS) is 11.3. The number of rotatable bonds is 2. The molecular formula is C15H10ClF3O2. The van der Waals surface area contributed by atoms with Gasteiger partial charge in [-0.1, -0.05) is 29.8 Å². The van der Waals surface area contributed by atoms with E-state index in [0.717, 1.165) is 6.07 Å². The Morgan fingerprint density at radius 1 is 1.05 bits per heavy atom. The molecule has 0 aromatic heterocycles. The highest BCUT2D eigenvalue weighted by molar-refractivity contribution is 6.31. The zero-order valence-electron chi connectivity index (χ0n) is 10.9. The Balaban J connectivity index is 2.41. The van der Waals surface area contributed by atoms with Gasteiger partial charge in [0.2, 0.25) is 0 Å². The predicted molar refractivity (Wildman–Crippen MR) is 73.2 cm³/mol. The van der Waals surface area contributed by atoms with Crippen molar-refractivity contribution in [3.05, 3.63) is 58.6 Å². The van der Waals surface area contributed by atoms with Crippen LogP contribution in [0.15, 0.2) is 42.5 Å². The first kappa shape index (κ1) is 15.4. The third-order valence-corrected chi connectivity index (χ3v) is 3.24. The van der Waals surface area contributed by atoms with Gasteiger partial charge in [0.25, 0.3) is 0 Å². The summed E-state index contributed by atoms with van der Waals surface area (Å²) in [6.07, 6.45) is -4.51. The highest BCUT2D eigenvalue weighted by atomic mass is 35.5. The quantitative estimate of drug-likeness (QED) is 0.743. The summed E-state index contributed by atoms with van der Waals surface area (Å²) in [6.45, 7) is 0. The number of hydrogen-bond donors (Lipinski definition) is 0. The van der Waals surface area contributed by atoms with E-state index in [1.165, 1.54) is 31.4 Å². The second kappa shape index (κ2) is 5.77. The van der Waals surface area contributed by atoms with Crippen LogP contribution in [0.2, 0.25) is 5.02 Å². The van der Waals surface area contributed by atoms with Crippen LogP contribution in [0.25, 0.3) is 11.1 Å². The lowest BCUT2D eigenvalue weighted by molar-refractivity contribution is -0.137. The number of esters is 1. The molecule has 0 aliphatic heterocycles. The van der Waals surface area contributed by atoms with E-state index in [2.05, 4.69) is 4.74 Å². The first-order valence-corrected chi connectivity index (χ1v) is 6.26. The largest absolute Gasteiger partial charge is 0.465 e. The summed E-state index contributed by atoms with van der Waals surface area (Å²) >= 11 is 5.57. The van der Waals surface area contributed by atoms with Crippen molar-refractivity contribution in [1.29, 1.82) is 0 Å². The van der Waals surface area contributed by atoms with Crippen molar-refractivity contribution in [1.82, 2.24) is 0 Å². The number of halogens is 4. The van der Waals surface area contributed by atoms with Crippen LogP contribution in [0.1, 0.15) is 15.9 Å². The summed E-state index contributed by atoms with van der Waals surface area (Å²) in [4.78, 5) is 11.3. The minimum atomic E-state index is -4.51. The molecule has 0 amide bonds. The smallest absolute Gasteiger partial charge is 0.417 e. The van der Waals surface area contributed by atoms with Gasteiger partial charge in [0.15, 0.2) is 0 Å². The molecule has 0 heterocycles. The van der Waals surface area contributed by atoms with Crippen LogP contribution in [0.3, 0.4) is 0 Å². The molecule has 0 atom stereocenters. The number of methoxy groups -OCH3 is 1. The average Bonchev–Trinajstić information content (AvgIpc) is 2.46. The second-order valence-corrected chi connectivity index (χ2v) is 4.67. The van der Waals surface area contributed by atoms with Crippen molar-refractivity contribution in [2.75, 3.05) is 7.11 Å². The van der Waals surface area contributed by atoms with E-state index >= 15 is 0 Å². The number of alkyl halides is 3. The van der Waals surface area contributed by atoms with Gasteiger partial charge in [-0.3, -0.25) is 0 Å². The molecule has 0 radical (unpaired) electrons. The second-order valence-electron chi connectivity index (χ2n) is 4.26. The lowest BCUT2D eigenvalue weighted by Gasteiger charge is -2.11. The molecule has 0 saturated carbocycles. The molecule has 0 fully saturated rings. The summed E-state index contributed by atoms with van der Waals surface area (Å²) in [5.74, 6) is -0.506. The molecule has 2 aromatic rings. The zero-order valence-corrected chi connectivity index (χ0v) is 11.6. The fourth-order valence-electron chi connectivity index (χ4n) is 1.84. The predicted octanol–water partition coefficient (Wildman–Crippen LogP) is 4.81. The minimum Gasteiger partial charge on any atom is -0.465 e. The first-order chi connectivity index (χ1) is 9.82. The van der Waals surface area contributed by atoms with Crippen LogP contribution in [-0.4, -0.2) is 13.1 Å².